The van der Waals surface area contributed by atoms with E-state index in [1.165, 1.54) is 11.1 Å². The van der Waals surface area contributed by atoms with E-state index in [-0.39, 0.29) is 0 Å². The van der Waals surface area contributed by atoms with Crippen molar-refractivity contribution in [2.75, 3.05) is 13.2 Å². The van der Waals surface area contributed by atoms with Gasteiger partial charge in [-0.05, 0) is 49.2 Å². The van der Waals surface area contributed by atoms with E-state index in [1.807, 2.05) is 38.1 Å². The lowest BCUT2D eigenvalue weighted by atomic mass is 10.1. The van der Waals surface area contributed by atoms with Crippen molar-refractivity contribution in [3.05, 3.63) is 48.5 Å². The van der Waals surface area contributed by atoms with Gasteiger partial charge in [-0.15, -0.1) is 0 Å². The molecular formula is C16H18O2. The number of hydrogen-bond acceptors (Lipinski definition) is 2. The average molecular weight is 242 g/mol. The van der Waals surface area contributed by atoms with Crippen molar-refractivity contribution in [1.29, 1.82) is 0 Å². The minimum Gasteiger partial charge on any atom is -0.494 e. The van der Waals surface area contributed by atoms with Gasteiger partial charge in [-0.1, -0.05) is 24.3 Å². The largest absolute Gasteiger partial charge is 0.494 e. The van der Waals surface area contributed by atoms with Crippen LogP contribution in [0.1, 0.15) is 13.8 Å². The summed E-state index contributed by atoms with van der Waals surface area (Å²) in [5, 5.41) is 0. The van der Waals surface area contributed by atoms with Gasteiger partial charge in [0.1, 0.15) is 11.5 Å². The number of rotatable bonds is 5. The first-order valence-corrected chi connectivity index (χ1v) is 6.29. The molecule has 2 aromatic carbocycles. The minimum atomic E-state index is 0.697. The summed E-state index contributed by atoms with van der Waals surface area (Å²) in [5.41, 5.74) is 2.36. The van der Waals surface area contributed by atoms with Crippen LogP contribution >= 0.6 is 0 Å². The first-order valence-electron chi connectivity index (χ1n) is 6.29. The van der Waals surface area contributed by atoms with Crippen LogP contribution in [0.5, 0.6) is 11.5 Å². The molecule has 0 aliphatic heterocycles. The lowest BCUT2D eigenvalue weighted by Crippen LogP contribution is -1.91. The predicted octanol–water partition coefficient (Wildman–Crippen LogP) is 4.15. The van der Waals surface area contributed by atoms with Crippen molar-refractivity contribution < 1.29 is 9.47 Å². The fraction of sp³-hybridized carbons (Fsp3) is 0.250. The smallest absolute Gasteiger partial charge is 0.119 e. The summed E-state index contributed by atoms with van der Waals surface area (Å²) in [4.78, 5) is 0. The van der Waals surface area contributed by atoms with Crippen LogP contribution in [0, 0.1) is 0 Å². The van der Waals surface area contributed by atoms with Crippen LogP contribution in [0.3, 0.4) is 0 Å². The lowest BCUT2D eigenvalue weighted by molar-refractivity contribution is 0.340. The van der Waals surface area contributed by atoms with E-state index in [9.17, 15) is 0 Å². The van der Waals surface area contributed by atoms with Gasteiger partial charge in [0.2, 0.25) is 0 Å². The van der Waals surface area contributed by atoms with Crippen LogP contribution in [0.25, 0.3) is 11.1 Å². The summed E-state index contributed by atoms with van der Waals surface area (Å²) < 4.78 is 10.9. The molecule has 0 aliphatic rings. The third kappa shape index (κ3) is 3.04. The van der Waals surface area contributed by atoms with Crippen LogP contribution in [0.2, 0.25) is 0 Å². The summed E-state index contributed by atoms with van der Waals surface area (Å²) in [6.45, 7) is 5.37. The van der Waals surface area contributed by atoms with E-state index in [2.05, 4.69) is 24.3 Å². The number of ether oxygens (including phenoxy) is 2. The molecule has 0 aliphatic carbocycles. The maximum Gasteiger partial charge on any atom is 0.119 e. The summed E-state index contributed by atoms with van der Waals surface area (Å²) in [6, 6.07) is 16.3. The topological polar surface area (TPSA) is 18.5 Å². The Labute approximate surface area is 108 Å². The van der Waals surface area contributed by atoms with Gasteiger partial charge in [0.15, 0.2) is 0 Å². The quantitative estimate of drug-likeness (QED) is 0.784. The molecule has 0 amide bonds. The Hall–Kier alpha value is -1.96. The molecule has 0 bridgehead atoms. The normalized spacial score (nSPS) is 10.1. The Morgan fingerprint density at radius 2 is 0.944 bits per heavy atom. The maximum atomic E-state index is 5.43. The van der Waals surface area contributed by atoms with E-state index in [0.717, 1.165) is 11.5 Å². The molecule has 2 rings (SSSR count). The molecule has 0 heterocycles. The van der Waals surface area contributed by atoms with E-state index in [1.54, 1.807) is 0 Å². The minimum absolute atomic E-state index is 0.697. The molecular weight excluding hydrogens is 224 g/mol. The fourth-order valence-electron chi connectivity index (χ4n) is 1.82. The van der Waals surface area contributed by atoms with Crippen molar-refractivity contribution in [2.45, 2.75) is 13.8 Å². The monoisotopic (exact) mass is 242 g/mol. The summed E-state index contributed by atoms with van der Waals surface area (Å²) in [5.74, 6) is 1.82. The van der Waals surface area contributed by atoms with Crippen LogP contribution in [-0.4, -0.2) is 13.2 Å². The molecule has 2 aromatic rings. The highest BCUT2D eigenvalue weighted by atomic mass is 16.5. The SMILES string of the molecule is CCOc1ccc(-c2ccc(OCC)cc2)cc1. The first-order chi connectivity index (χ1) is 8.83. The van der Waals surface area contributed by atoms with E-state index < -0.39 is 0 Å². The zero-order valence-electron chi connectivity index (χ0n) is 10.8. The van der Waals surface area contributed by atoms with Crippen molar-refractivity contribution in [2.24, 2.45) is 0 Å². The zero-order valence-corrected chi connectivity index (χ0v) is 10.8. The maximum absolute atomic E-state index is 5.43. The third-order valence-corrected chi connectivity index (χ3v) is 2.66. The van der Waals surface area contributed by atoms with Gasteiger partial charge in [-0.2, -0.15) is 0 Å². The van der Waals surface area contributed by atoms with Crippen LogP contribution < -0.4 is 9.47 Å². The second-order valence-corrected chi connectivity index (χ2v) is 3.91. The van der Waals surface area contributed by atoms with Crippen LogP contribution in [0.4, 0.5) is 0 Å². The van der Waals surface area contributed by atoms with Crippen molar-refractivity contribution in [3.8, 4) is 22.6 Å². The van der Waals surface area contributed by atoms with Crippen LogP contribution in [-0.2, 0) is 0 Å². The Morgan fingerprint density at radius 1 is 0.611 bits per heavy atom. The van der Waals surface area contributed by atoms with Crippen LogP contribution in [0.15, 0.2) is 48.5 Å². The van der Waals surface area contributed by atoms with Gasteiger partial charge >= 0.3 is 0 Å². The average Bonchev–Trinajstić information content (AvgIpc) is 2.41. The highest BCUT2D eigenvalue weighted by molar-refractivity contribution is 5.64. The Morgan fingerprint density at radius 3 is 1.22 bits per heavy atom. The van der Waals surface area contributed by atoms with Crippen molar-refractivity contribution in [3.63, 3.8) is 0 Å². The van der Waals surface area contributed by atoms with Gasteiger partial charge in [-0.25, -0.2) is 0 Å². The Bertz CT molecular complexity index is 424. The standard InChI is InChI=1S/C16H18O2/c1-3-17-15-9-5-13(6-10-15)14-7-11-16(12-8-14)18-4-2/h5-12H,3-4H2,1-2H3. The second-order valence-electron chi connectivity index (χ2n) is 3.91. The van der Waals surface area contributed by atoms with E-state index >= 15 is 0 Å². The summed E-state index contributed by atoms with van der Waals surface area (Å²) in [6.07, 6.45) is 0. The van der Waals surface area contributed by atoms with Crippen molar-refractivity contribution in [1.82, 2.24) is 0 Å². The Balaban J connectivity index is 2.15. The van der Waals surface area contributed by atoms with Gasteiger partial charge in [0.25, 0.3) is 0 Å². The molecule has 0 N–H and O–H groups in total. The number of hydrogen-bond donors (Lipinski definition) is 0. The molecule has 0 aromatic heterocycles. The molecule has 2 nitrogen and oxygen atoms in total. The highest BCUT2D eigenvalue weighted by Gasteiger charge is 1.99. The predicted molar refractivity (Wildman–Crippen MR) is 74.2 cm³/mol. The molecule has 0 atom stereocenters. The van der Waals surface area contributed by atoms with Gasteiger partial charge < -0.3 is 9.47 Å². The van der Waals surface area contributed by atoms with Gasteiger partial charge in [0.05, 0.1) is 13.2 Å². The molecule has 0 spiro atoms. The van der Waals surface area contributed by atoms with Gasteiger partial charge in [0, 0.05) is 0 Å². The Kier molecular flexibility index (Phi) is 4.24. The molecule has 0 radical (unpaired) electrons. The third-order valence-electron chi connectivity index (χ3n) is 2.66. The number of benzene rings is 2. The first kappa shape index (κ1) is 12.5. The summed E-state index contributed by atoms with van der Waals surface area (Å²) in [7, 11) is 0. The molecule has 2 heteroatoms. The fourth-order valence-corrected chi connectivity index (χ4v) is 1.82. The molecule has 18 heavy (non-hydrogen) atoms. The van der Waals surface area contributed by atoms with Gasteiger partial charge in [-0.3, -0.25) is 0 Å². The zero-order chi connectivity index (χ0) is 12.8. The molecule has 0 saturated heterocycles. The molecule has 0 unspecified atom stereocenters. The van der Waals surface area contributed by atoms with Crippen molar-refractivity contribution >= 4 is 0 Å². The highest BCUT2D eigenvalue weighted by Crippen LogP contribution is 2.24. The summed E-state index contributed by atoms with van der Waals surface area (Å²) >= 11 is 0. The van der Waals surface area contributed by atoms with E-state index in [0.29, 0.717) is 13.2 Å². The van der Waals surface area contributed by atoms with E-state index in [4.69, 9.17) is 9.47 Å². The molecule has 94 valence electrons. The second kappa shape index (κ2) is 6.10. The lowest BCUT2D eigenvalue weighted by Gasteiger charge is -2.07. The molecule has 0 saturated carbocycles. The molecule has 0 fully saturated rings.